The molecule has 6 N–H and O–H groups in total. The van der Waals surface area contributed by atoms with Crippen LogP contribution in [0.1, 0.15) is 26.2 Å². The fourth-order valence-corrected chi connectivity index (χ4v) is 1.02. The predicted octanol–water partition coefficient (Wildman–Crippen LogP) is -1.02. The van der Waals surface area contributed by atoms with Gasteiger partial charge < -0.3 is 21.9 Å². The third kappa shape index (κ3) is 7.53. The number of carbonyl (C=O) groups is 3. The Hall–Kier alpha value is -1.34. The molecule has 100 valence electrons. The molecule has 0 spiro atoms. The van der Waals surface area contributed by atoms with Crippen LogP contribution in [0.15, 0.2) is 0 Å². The van der Waals surface area contributed by atoms with Gasteiger partial charge in [0.25, 0.3) is 0 Å². The lowest BCUT2D eigenvalue weighted by atomic mass is 10.1. The zero-order valence-corrected chi connectivity index (χ0v) is 10.3. The number of amides is 2. The molecule has 7 nitrogen and oxygen atoms in total. The second-order valence-corrected chi connectivity index (χ2v) is 3.41. The summed E-state index contributed by atoms with van der Waals surface area (Å²) in [5.74, 6) is -2.32. The molecule has 0 aliphatic heterocycles. The first-order valence-electron chi connectivity index (χ1n) is 4.95. The molecular formula is C9H18ClN3O4. The molecule has 0 aromatic heterocycles. The predicted molar refractivity (Wildman–Crippen MR) is 63.5 cm³/mol. The fraction of sp³-hybridized carbons (Fsp3) is 0.667. The summed E-state index contributed by atoms with van der Waals surface area (Å²) >= 11 is 0. The topological polar surface area (TPSA) is 136 Å². The van der Waals surface area contributed by atoms with E-state index in [1.807, 2.05) is 0 Å². The highest BCUT2D eigenvalue weighted by Crippen LogP contribution is 1.98. The van der Waals surface area contributed by atoms with Crippen LogP contribution in [0.25, 0.3) is 0 Å². The molecule has 0 radical (unpaired) electrons. The van der Waals surface area contributed by atoms with Crippen molar-refractivity contribution in [3.63, 3.8) is 0 Å². The summed E-state index contributed by atoms with van der Waals surface area (Å²) in [7, 11) is 0. The van der Waals surface area contributed by atoms with Crippen molar-refractivity contribution in [2.45, 2.75) is 38.3 Å². The van der Waals surface area contributed by atoms with Crippen LogP contribution in [-0.2, 0) is 14.4 Å². The minimum atomic E-state index is -1.06. The number of nitrogens with two attached hydrogens (primary N) is 2. The smallest absolute Gasteiger partial charge is 0.303 e. The quantitative estimate of drug-likeness (QED) is 0.468. The maximum Gasteiger partial charge on any atom is 0.303 e. The second-order valence-electron chi connectivity index (χ2n) is 3.41. The van der Waals surface area contributed by atoms with Crippen molar-refractivity contribution in [3.8, 4) is 0 Å². The van der Waals surface area contributed by atoms with Gasteiger partial charge in [-0.05, 0) is 12.8 Å². The van der Waals surface area contributed by atoms with Gasteiger partial charge >= 0.3 is 5.97 Å². The van der Waals surface area contributed by atoms with Crippen LogP contribution in [0, 0.1) is 0 Å². The maximum absolute atomic E-state index is 11.3. The molecule has 0 saturated heterocycles. The zero-order chi connectivity index (χ0) is 12.7. The van der Waals surface area contributed by atoms with E-state index in [0.717, 1.165) is 0 Å². The number of halogens is 1. The summed E-state index contributed by atoms with van der Waals surface area (Å²) in [4.78, 5) is 32.6. The van der Waals surface area contributed by atoms with Crippen LogP contribution in [-0.4, -0.2) is 35.0 Å². The largest absolute Gasteiger partial charge is 0.481 e. The first-order chi connectivity index (χ1) is 7.38. The number of carboxylic acids is 1. The van der Waals surface area contributed by atoms with Crippen LogP contribution >= 0.6 is 12.4 Å². The molecule has 0 aliphatic carbocycles. The Balaban J connectivity index is 0. The van der Waals surface area contributed by atoms with Gasteiger partial charge in [-0.1, -0.05) is 6.92 Å². The summed E-state index contributed by atoms with van der Waals surface area (Å²) in [6.07, 6.45) is 0.151. The zero-order valence-electron chi connectivity index (χ0n) is 9.51. The van der Waals surface area contributed by atoms with Gasteiger partial charge in [0.05, 0.1) is 6.04 Å². The summed E-state index contributed by atoms with van der Waals surface area (Å²) in [5.41, 5.74) is 10.5. The number of carbonyl (C=O) groups excluding carboxylic acids is 2. The Morgan fingerprint density at radius 3 is 2.24 bits per heavy atom. The summed E-state index contributed by atoms with van der Waals surface area (Å²) < 4.78 is 0. The summed E-state index contributed by atoms with van der Waals surface area (Å²) in [5, 5.41) is 10.8. The Bertz CT molecular complexity index is 285. The molecule has 0 bridgehead atoms. The minimum absolute atomic E-state index is 0. The van der Waals surface area contributed by atoms with Gasteiger partial charge in [-0.2, -0.15) is 0 Å². The average molecular weight is 268 g/mol. The first kappa shape index (κ1) is 18.0. The molecule has 0 saturated carbocycles. The van der Waals surface area contributed by atoms with Gasteiger partial charge in [-0.15, -0.1) is 12.4 Å². The van der Waals surface area contributed by atoms with E-state index in [9.17, 15) is 14.4 Å². The van der Waals surface area contributed by atoms with Gasteiger partial charge in [0.2, 0.25) is 11.8 Å². The molecule has 0 aromatic carbocycles. The first-order valence-corrected chi connectivity index (χ1v) is 4.95. The highest BCUT2D eigenvalue weighted by molar-refractivity contribution is 5.89. The Morgan fingerprint density at radius 2 is 1.88 bits per heavy atom. The monoisotopic (exact) mass is 267 g/mol. The van der Waals surface area contributed by atoms with E-state index < -0.39 is 29.9 Å². The van der Waals surface area contributed by atoms with Crippen molar-refractivity contribution in [3.05, 3.63) is 0 Å². The molecule has 0 aliphatic rings. The van der Waals surface area contributed by atoms with Crippen LogP contribution in [0.5, 0.6) is 0 Å². The van der Waals surface area contributed by atoms with Crippen molar-refractivity contribution >= 4 is 30.2 Å². The van der Waals surface area contributed by atoms with E-state index in [1.165, 1.54) is 0 Å². The summed E-state index contributed by atoms with van der Waals surface area (Å²) in [6.45, 7) is 1.72. The van der Waals surface area contributed by atoms with Crippen molar-refractivity contribution in [2.24, 2.45) is 11.5 Å². The lowest BCUT2D eigenvalue weighted by Crippen LogP contribution is -2.50. The summed E-state index contributed by atoms with van der Waals surface area (Å²) in [6, 6.07) is -1.70. The third-order valence-corrected chi connectivity index (χ3v) is 2.08. The maximum atomic E-state index is 11.3. The molecule has 2 amide bonds. The van der Waals surface area contributed by atoms with Crippen molar-refractivity contribution in [1.82, 2.24) is 5.32 Å². The van der Waals surface area contributed by atoms with E-state index in [2.05, 4.69) is 5.32 Å². The van der Waals surface area contributed by atoms with Crippen LogP contribution in [0.4, 0.5) is 0 Å². The highest BCUT2D eigenvalue weighted by Gasteiger charge is 2.21. The molecule has 17 heavy (non-hydrogen) atoms. The SMILES string of the molecule is CC[C@H](N)C(=O)NC(CCC(=O)O)C(N)=O.Cl. The molecule has 0 aromatic rings. The number of rotatable bonds is 7. The van der Waals surface area contributed by atoms with Gasteiger partial charge in [-0.25, -0.2) is 0 Å². The molecule has 1 unspecified atom stereocenters. The number of hydrogen-bond acceptors (Lipinski definition) is 4. The molecular weight excluding hydrogens is 250 g/mol. The van der Waals surface area contributed by atoms with E-state index >= 15 is 0 Å². The Morgan fingerprint density at radius 1 is 1.35 bits per heavy atom. The van der Waals surface area contributed by atoms with Crippen molar-refractivity contribution < 1.29 is 19.5 Å². The lowest BCUT2D eigenvalue weighted by molar-refractivity contribution is -0.137. The van der Waals surface area contributed by atoms with Crippen LogP contribution in [0.3, 0.4) is 0 Å². The standard InChI is InChI=1S/C9H17N3O4.ClH/c1-2-5(10)9(16)12-6(8(11)15)3-4-7(13)14;/h5-6H,2-4,10H2,1H3,(H2,11,15)(H,12,16)(H,13,14);1H/t5-,6?;/m0./s1. The normalized spacial score (nSPS) is 13.1. The van der Waals surface area contributed by atoms with Gasteiger partial charge in [0.15, 0.2) is 0 Å². The number of hydrogen-bond donors (Lipinski definition) is 4. The van der Waals surface area contributed by atoms with Crippen molar-refractivity contribution in [2.75, 3.05) is 0 Å². The molecule has 2 atom stereocenters. The highest BCUT2D eigenvalue weighted by atomic mass is 35.5. The number of carboxylic acid groups (broad SMARTS) is 1. The number of aliphatic carboxylic acids is 1. The molecule has 0 rings (SSSR count). The lowest BCUT2D eigenvalue weighted by Gasteiger charge is -2.16. The van der Waals surface area contributed by atoms with Crippen LogP contribution in [0.2, 0.25) is 0 Å². The number of nitrogens with one attached hydrogen (secondary N) is 1. The molecule has 8 heteroatoms. The molecule has 0 fully saturated rings. The molecule has 0 heterocycles. The fourth-order valence-electron chi connectivity index (χ4n) is 1.02. The average Bonchev–Trinajstić information content (AvgIpc) is 2.21. The second kappa shape index (κ2) is 8.77. The Labute approximate surface area is 105 Å². The van der Waals surface area contributed by atoms with Crippen LogP contribution < -0.4 is 16.8 Å². The van der Waals surface area contributed by atoms with E-state index in [0.29, 0.717) is 6.42 Å². The van der Waals surface area contributed by atoms with Gasteiger partial charge in [-0.3, -0.25) is 14.4 Å². The van der Waals surface area contributed by atoms with E-state index in [4.69, 9.17) is 16.6 Å². The van der Waals surface area contributed by atoms with Gasteiger partial charge in [0.1, 0.15) is 6.04 Å². The number of primary amides is 1. The van der Waals surface area contributed by atoms with E-state index in [1.54, 1.807) is 6.92 Å². The van der Waals surface area contributed by atoms with Gasteiger partial charge in [0, 0.05) is 6.42 Å². The minimum Gasteiger partial charge on any atom is -0.481 e. The van der Waals surface area contributed by atoms with Crippen molar-refractivity contribution in [1.29, 1.82) is 0 Å². The Kier molecular flexibility index (Phi) is 9.31. The third-order valence-electron chi connectivity index (χ3n) is 2.08. The van der Waals surface area contributed by atoms with E-state index in [-0.39, 0.29) is 25.2 Å².